The van der Waals surface area contributed by atoms with Crippen molar-refractivity contribution in [1.29, 1.82) is 0 Å². The molecule has 0 saturated carbocycles. The van der Waals surface area contributed by atoms with E-state index in [1.165, 1.54) is 0 Å². The molecule has 1 heterocycles. The Balaban J connectivity index is 2.32. The molecular formula is C15H28N2O3. The van der Waals surface area contributed by atoms with E-state index < -0.39 is 0 Å². The van der Waals surface area contributed by atoms with Gasteiger partial charge in [0.1, 0.15) is 0 Å². The molecule has 1 aliphatic heterocycles. The molecule has 0 aromatic carbocycles. The second kappa shape index (κ2) is 6.95. The van der Waals surface area contributed by atoms with Crippen molar-refractivity contribution < 1.29 is 14.3 Å². The highest BCUT2D eigenvalue weighted by molar-refractivity contribution is 5.81. The average Bonchev–Trinajstić information content (AvgIpc) is 2.35. The van der Waals surface area contributed by atoms with Crippen LogP contribution in [0.4, 0.5) is 4.79 Å². The van der Waals surface area contributed by atoms with Gasteiger partial charge in [-0.3, -0.25) is 4.79 Å². The van der Waals surface area contributed by atoms with Gasteiger partial charge >= 0.3 is 6.09 Å². The van der Waals surface area contributed by atoms with E-state index in [1.807, 2.05) is 39.5 Å². The summed E-state index contributed by atoms with van der Waals surface area (Å²) < 4.78 is 5.10. The van der Waals surface area contributed by atoms with Gasteiger partial charge in [0, 0.05) is 24.5 Å². The molecular weight excluding hydrogens is 256 g/mol. The number of rotatable bonds is 3. The van der Waals surface area contributed by atoms with E-state index >= 15 is 0 Å². The molecule has 0 unspecified atom stereocenters. The van der Waals surface area contributed by atoms with Gasteiger partial charge in [-0.15, -0.1) is 0 Å². The Bertz CT molecular complexity index is 340. The summed E-state index contributed by atoms with van der Waals surface area (Å²) in [6, 6.07) is 0.110. The lowest BCUT2D eigenvalue weighted by Gasteiger charge is -2.35. The lowest BCUT2D eigenvalue weighted by Crippen LogP contribution is -2.49. The van der Waals surface area contributed by atoms with Gasteiger partial charge in [-0.1, -0.05) is 34.6 Å². The van der Waals surface area contributed by atoms with Gasteiger partial charge in [-0.25, -0.2) is 4.79 Å². The quantitative estimate of drug-likeness (QED) is 0.865. The number of amides is 2. The molecule has 1 fully saturated rings. The van der Waals surface area contributed by atoms with Crippen LogP contribution >= 0.6 is 0 Å². The Kier molecular flexibility index (Phi) is 5.84. The summed E-state index contributed by atoms with van der Waals surface area (Å²) in [5.41, 5.74) is -0.337. The van der Waals surface area contributed by atoms with Crippen LogP contribution < -0.4 is 5.32 Å². The van der Waals surface area contributed by atoms with E-state index in [2.05, 4.69) is 5.32 Å². The smallest absolute Gasteiger partial charge is 0.407 e. The van der Waals surface area contributed by atoms with Gasteiger partial charge in [0.25, 0.3) is 0 Å². The van der Waals surface area contributed by atoms with E-state index in [-0.39, 0.29) is 23.5 Å². The topological polar surface area (TPSA) is 58.6 Å². The number of hydrogen-bond acceptors (Lipinski definition) is 3. The van der Waals surface area contributed by atoms with Gasteiger partial charge in [0.05, 0.1) is 6.61 Å². The van der Waals surface area contributed by atoms with Crippen LogP contribution in [0, 0.1) is 11.3 Å². The first-order valence-electron chi connectivity index (χ1n) is 7.43. The van der Waals surface area contributed by atoms with Crippen molar-refractivity contribution in [2.24, 2.45) is 11.3 Å². The van der Waals surface area contributed by atoms with Crippen molar-refractivity contribution in [2.75, 3.05) is 19.7 Å². The number of nitrogens with one attached hydrogen (secondary N) is 1. The molecule has 0 spiro atoms. The van der Waals surface area contributed by atoms with Crippen LogP contribution in [-0.2, 0) is 9.53 Å². The molecule has 1 N–H and O–H groups in total. The molecule has 2 amide bonds. The van der Waals surface area contributed by atoms with Gasteiger partial charge in [-0.05, 0) is 18.8 Å². The summed E-state index contributed by atoms with van der Waals surface area (Å²) in [5.74, 6) is 0.519. The summed E-state index contributed by atoms with van der Waals surface area (Å²) in [6.45, 7) is 11.6. The van der Waals surface area contributed by atoms with E-state index in [0.717, 1.165) is 12.8 Å². The SMILES string of the molecule is CC(C)COC(=O)NC1CCN(C(=O)C(C)(C)C)CC1. The second-order valence-corrected chi connectivity index (χ2v) is 6.95. The van der Waals surface area contributed by atoms with E-state index in [0.29, 0.717) is 25.6 Å². The summed E-state index contributed by atoms with van der Waals surface area (Å²) in [6.07, 6.45) is 1.23. The Morgan fingerprint density at radius 2 is 1.80 bits per heavy atom. The van der Waals surface area contributed by atoms with Gasteiger partial charge in [0.15, 0.2) is 0 Å². The molecule has 20 heavy (non-hydrogen) atoms. The minimum absolute atomic E-state index is 0.110. The van der Waals surface area contributed by atoms with Crippen molar-refractivity contribution >= 4 is 12.0 Å². The number of carbonyl (C=O) groups is 2. The Hall–Kier alpha value is -1.26. The number of ether oxygens (including phenoxy) is 1. The zero-order valence-corrected chi connectivity index (χ0v) is 13.4. The molecule has 5 heteroatoms. The Morgan fingerprint density at radius 3 is 2.25 bits per heavy atom. The zero-order valence-electron chi connectivity index (χ0n) is 13.4. The maximum Gasteiger partial charge on any atom is 0.407 e. The molecule has 0 atom stereocenters. The Labute approximate surface area is 122 Å². The highest BCUT2D eigenvalue weighted by Crippen LogP contribution is 2.21. The third-order valence-electron chi connectivity index (χ3n) is 3.29. The monoisotopic (exact) mass is 284 g/mol. The molecule has 0 aromatic rings. The van der Waals surface area contributed by atoms with E-state index in [4.69, 9.17) is 4.74 Å². The number of likely N-dealkylation sites (tertiary alicyclic amines) is 1. The standard InChI is InChI=1S/C15H28N2O3/c1-11(2)10-20-14(19)16-12-6-8-17(9-7-12)13(18)15(3,4)5/h11-12H,6-10H2,1-5H3,(H,16,19). The number of piperidine rings is 1. The van der Waals surface area contributed by atoms with Crippen LogP contribution in [0.1, 0.15) is 47.5 Å². The zero-order chi connectivity index (χ0) is 15.3. The van der Waals surface area contributed by atoms with Crippen LogP contribution in [0.3, 0.4) is 0 Å². The Morgan fingerprint density at radius 1 is 1.25 bits per heavy atom. The van der Waals surface area contributed by atoms with Crippen LogP contribution in [0.5, 0.6) is 0 Å². The van der Waals surface area contributed by atoms with Crippen molar-refractivity contribution in [2.45, 2.75) is 53.5 Å². The van der Waals surface area contributed by atoms with Crippen LogP contribution in [0.2, 0.25) is 0 Å². The van der Waals surface area contributed by atoms with Gasteiger partial charge < -0.3 is 15.0 Å². The minimum atomic E-state index is -0.348. The summed E-state index contributed by atoms with van der Waals surface area (Å²) >= 11 is 0. The molecule has 0 radical (unpaired) electrons. The second-order valence-electron chi connectivity index (χ2n) is 6.95. The molecule has 1 saturated heterocycles. The van der Waals surface area contributed by atoms with Crippen molar-refractivity contribution in [3.8, 4) is 0 Å². The first kappa shape index (κ1) is 16.8. The predicted molar refractivity (Wildman–Crippen MR) is 78.4 cm³/mol. The third kappa shape index (κ3) is 5.39. The fourth-order valence-electron chi connectivity index (χ4n) is 2.15. The minimum Gasteiger partial charge on any atom is -0.449 e. The summed E-state index contributed by atoms with van der Waals surface area (Å²) in [7, 11) is 0. The fourth-order valence-corrected chi connectivity index (χ4v) is 2.15. The van der Waals surface area contributed by atoms with Crippen molar-refractivity contribution in [3.05, 3.63) is 0 Å². The molecule has 5 nitrogen and oxygen atoms in total. The van der Waals surface area contributed by atoms with E-state index in [1.54, 1.807) is 0 Å². The highest BCUT2D eigenvalue weighted by Gasteiger charge is 2.30. The molecule has 0 aromatic heterocycles. The maximum absolute atomic E-state index is 12.1. The van der Waals surface area contributed by atoms with Crippen LogP contribution in [0.15, 0.2) is 0 Å². The molecule has 0 bridgehead atoms. The molecule has 116 valence electrons. The lowest BCUT2D eigenvalue weighted by molar-refractivity contribution is -0.140. The molecule has 1 rings (SSSR count). The maximum atomic E-state index is 12.1. The predicted octanol–water partition coefficient (Wildman–Crippen LogP) is 2.41. The van der Waals surface area contributed by atoms with Crippen LogP contribution in [0.25, 0.3) is 0 Å². The van der Waals surface area contributed by atoms with Crippen molar-refractivity contribution in [1.82, 2.24) is 10.2 Å². The number of carbonyl (C=O) groups excluding carboxylic acids is 2. The van der Waals surface area contributed by atoms with Gasteiger partial charge in [0.2, 0.25) is 5.91 Å². The lowest BCUT2D eigenvalue weighted by atomic mass is 9.93. The largest absolute Gasteiger partial charge is 0.449 e. The fraction of sp³-hybridized carbons (Fsp3) is 0.867. The van der Waals surface area contributed by atoms with Crippen molar-refractivity contribution in [3.63, 3.8) is 0 Å². The molecule has 0 aliphatic carbocycles. The first-order valence-corrected chi connectivity index (χ1v) is 7.43. The summed E-state index contributed by atoms with van der Waals surface area (Å²) in [5, 5.41) is 2.87. The summed E-state index contributed by atoms with van der Waals surface area (Å²) in [4.78, 5) is 25.6. The average molecular weight is 284 g/mol. The number of alkyl carbamates (subject to hydrolysis) is 1. The van der Waals surface area contributed by atoms with Gasteiger partial charge in [-0.2, -0.15) is 0 Å². The van der Waals surface area contributed by atoms with Crippen LogP contribution in [-0.4, -0.2) is 42.6 Å². The highest BCUT2D eigenvalue weighted by atomic mass is 16.5. The third-order valence-corrected chi connectivity index (χ3v) is 3.29. The first-order chi connectivity index (χ1) is 9.20. The molecule has 1 aliphatic rings. The number of nitrogens with zero attached hydrogens (tertiary/aromatic N) is 1. The number of hydrogen-bond donors (Lipinski definition) is 1. The van der Waals surface area contributed by atoms with E-state index in [9.17, 15) is 9.59 Å². The normalized spacial score (nSPS) is 17.2.